The summed E-state index contributed by atoms with van der Waals surface area (Å²) >= 11 is 0. The van der Waals surface area contributed by atoms with Crippen LogP contribution in [-0.2, 0) is 16.0 Å². The minimum absolute atomic E-state index is 0.0185. The molecule has 2 aliphatic rings. The first kappa shape index (κ1) is 13.8. The molecule has 2 atom stereocenters. The summed E-state index contributed by atoms with van der Waals surface area (Å²) in [5.41, 5.74) is 1.95. The van der Waals surface area contributed by atoms with Crippen molar-refractivity contribution in [2.75, 3.05) is 17.2 Å². The minimum atomic E-state index is -0.427. The maximum Gasteiger partial charge on any atom is 0.294 e. The molecule has 3 rings (SSSR count). The minimum Gasteiger partial charge on any atom is -0.376 e. The van der Waals surface area contributed by atoms with E-state index in [2.05, 4.69) is 10.6 Å². The zero-order valence-electron chi connectivity index (χ0n) is 11.7. The molecule has 2 N–H and O–H groups in total. The number of nitrogens with zero attached hydrogens (tertiary/aromatic N) is 1. The lowest BCUT2D eigenvalue weighted by Gasteiger charge is -2.21. The Hall–Kier alpha value is -2.15. The third kappa shape index (κ3) is 2.69. The van der Waals surface area contributed by atoms with Gasteiger partial charge < -0.3 is 15.4 Å². The first-order chi connectivity index (χ1) is 10.0. The fourth-order valence-electron chi connectivity index (χ4n) is 2.80. The number of rotatable bonds is 3. The van der Waals surface area contributed by atoms with Gasteiger partial charge in [-0.2, -0.15) is 0 Å². The van der Waals surface area contributed by atoms with Crippen molar-refractivity contribution in [3.8, 4) is 0 Å². The summed E-state index contributed by atoms with van der Waals surface area (Å²) in [4.78, 5) is 22.2. The lowest BCUT2D eigenvalue weighted by molar-refractivity contribution is -0.383. The van der Waals surface area contributed by atoms with Gasteiger partial charge in [-0.15, -0.1) is 0 Å². The third-order valence-corrected chi connectivity index (χ3v) is 4.03. The molecule has 2 heterocycles. The van der Waals surface area contributed by atoms with Gasteiger partial charge in [-0.05, 0) is 31.4 Å². The zero-order valence-corrected chi connectivity index (χ0v) is 11.7. The van der Waals surface area contributed by atoms with E-state index in [9.17, 15) is 14.9 Å². The van der Waals surface area contributed by atoms with Crippen molar-refractivity contribution >= 4 is 23.0 Å². The highest BCUT2D eigenvalue weighted by atomic mass is 16.6. The predicted octanol–water partition coefficient (Wildman–Crippen LogP) is 2.07. The summed E-state index contributed by atoms with van der Waals surface area (Å²) in [5, 5.41) is 17.2. The molecule has 1 aromatic rings. The highest BCUT2D eigenvalue weighted by molar-refractivity contribution is 5.95. The van der Waals surface area contributed by atoms with Crippen LogP contribution in [0.2, 0.25) is 0 Å². The van der Waals surface area contributed by atoms with E-state index in [4.69, 9.17) is 4.74 Å². The first-order valence-corrected chi connectivity index (χ1v) is 7.04. The molecule has 2 unspecified atom stereocenters. The van der Waals surface area contributed by atoms with Crippen molar-refractivity contribution in [1.29, 1.82) is 0 Å². The van der Waals surface area contributed by atoms with Crippen molar-refractivity contribution in [2.24, 2.45) is 0 Å². The summed E-state index contributed by atoms with van der Waals surface area (Å²) < 4.78 is 5.48. The van der Waals surface area contributed by atoms with Gasteiger partial charge >= 0.3 is 0 Å². The molecule has 0 spiro atoms. The Kier molecular flexibility index (Phi) is 3.50. The molecule has 1 saturated heterocycles. The molecule has 0 radical (unpaired) electrons. The molecule has 1 aromatic carbocycles. The van der Waals surface area contributed by atoms with E-state index < -0.39 is 4.92 Å². The Balaban J connectivity index is 1.94. The van der Waals surface area contributed by atoms with Gasteiger partial charge in [0.15, 0.2) is 0 Å². The molecule has 0 bridgehead atoms. The van der Waals surface area contributed by atoms with E-state index in [0.29, 0.717) is 30.8 Å². The molecule has 1 amide bonds. The summed E-state index contributed by atoms with van der Waals surface area (Å²) in [6.45, 7) is 2.61. The number of hydrogen-bond acceptors (Lipinski definition) is 5. The number of fused-ring (bicyclic) bond motifs is 1. The van der Waals surface area contributed by atoms with E-state index >= 15 is 0 Å². The van der Waals surface area contributed by atoms with Gasteiger partial charge in [-0.1, -0.05) is 0 Å². The smallest absolute Gasteiger partial charge is 0.294 e. The first-order valence-electron chi connectivity index (χ1n) is 7.04. The Bertz CT molecular complexity index is 602. The summed E-state index contributed by atoms with van der Waals surface area (Å²) in [6, 6.07) is 3.28. The Morgan fingerprint density at radius 1 is 1.43 bits per heavy atom. The van der Waals surface area contributed by atoms with Gasteiger partial charge in [-0.3, -0.25) is 14.9 Å². The second-order valence-electron chi connectivity index (χ2n) is 5.45. The van der Waals surface area contributed by atoms with Gasteiger partial charge in [0.25, 0.3) is 5.69 Å². The molecule has 0 aromatic heterocycles. The van der Waals surface area contributed by atoms with E-state index in [1.807, 2.05) is 6.92 Å². The Labute approximate surface area is 121 Å². The van der Waals surface area contributed by atoms with Crippen LogP contribution in [0.4, 0.5) is 17.1 Å². The van der Waals surface area contributed by atoms with Gasteiger partial charge in [0, 0.05) is 19.1 Å². The molecule has 0 saturated carbocycles. The van der Waals surface area contributed by atoms with Crippen molar-refractivity contribution in [1.82, 2.24) is 0 Å². The molecule has 112 valence electrons. The maximum atomic E-state index is 11.4. The van der Waals surface area contributed by atoms with Crippen molar-refractivity contribution in [3.05, 3.63) is 27.8 Å². The molecule has 1 fully saturated rings. The summed E-state index contributed by atoms with van der Waals surface area (Å²) in [5.74, 6) is -0.102. The van der Waals surface area contributed by atoms with Crippen LogP contribution in [0.3, 0.4) is 0 Å². The highest BCUT2D eigenvalue weighted by Gasteiger charge is 2.28. The number of aryl methyl sites for hydroxylation is 1. The number of carbonyl (C=O) groups is 1. The number of anilines is 2. The molecule has 7 heteroatoms. The Morgan fingerprint density at radius 2 is 2.24 bits per heavy atom. The number of ether oxygens (including phenoxy) is 1. The topological polar surface area (TPSA) is 93.5 Å². The zero-order chi connectivity index (χ0) is 15.0. The predicted molar refractivity (Wildman–Crippen MR) is 77.5 cm³/mol. The number of amides is 1. The van der Waals surface area contributed by atoms with Crippen LogP contribution in [-0.4, -0.2) is 29.6 Å². The van der Waals surface area contributed by atoms with Crippen LogP contribution in [0.1, 0.15) is 25.3 Å². The molecule has 2 aliphatic heterocycles. The number of nitro benzene ring substituents is 1. The monoisotopic (exact) mass is 291 g/mol. The van der Waals surface area contributed by atoms with E-state index in [1.54, 1.807) is 6.07 Å². The molecule has 7 nitrogen and oxygen atoms in total. The van der Waals surface area contributed by atoms with Crippen LogP contribution in [0.15, 0.2) is 12.1 Å². The van der Waals surface area contributed by atoms with Crippen molar-refractivity contribution in [2.45, 2.75) is 38.3 Å². The number of hydrogen-bond donors (Lipinski definition) is 2. The van der Waals surface area contributed by atoms with Crippen molar-refractivity contribution < 1.29 is 14.5 Å². The van der Waals surface area contributed by atoms with Gasteiger partial charge in [0.1, 0.15) is 5.69 Å². The number of benzene rings is 1. The second kappa shape index (κ2) is 5.33. The lowest BCUT2D eigenvalue weighted by atomic mass is 10.0. The SMILES string of the molecule is CC1OCCC1Nc1cc2c(cc1[N+](=O)[O-])NC(=O)CC2. The summed E-state index contributed by atoms with van der Waals surface area (Å²) in [7, 11) is 0. The van der Waals surface area contributed by atoms with E-state index in [-0.39, 0.29) is 23.7 Å². The Morgan fingerprint density at radius 3 is 2.90 bits per heavy atom. The highest BCUT2D eigenvalue weighted by Crippen LogP contribution is 2.35. The van der Waals surface area contributed by atoms with E-state index in [0.717, 1.165) is 12.0 Å². The standard InChI is InChI=1S/C14H17N3O4/c1-8-10(4-5-21-8)15-12-6-9-2-3-14(18)16-11(9)7-13(12)17(19)20/h6-8,10,15H,2-5H2,1H3,(H,16,18). The van der Waals surface area contributed by atoms with Crippen LogP contribution in [0.25, 0.3) is 0 Å². The molecule has 0 aliphatic carbocycles. The van der Waals surface area contributed by atoms with Gasteiger partial charge in [-0.25, -0.2) is 0 Å². The second-order valence-corrected chi connectivity index (χ2v) is 5.45. The van der Waals surface area contributed by atoms with Crippen molar-refractivity contribution in [3.63, 3.8) is 0 Å². The van der Waals surface area contributed by atoms with Gasteiger partial charge in [0.2, 0.25) is 5.91 Å². The fraction of sp³-hybridized carbons (Fsp3) is 0.500. The number of nitro groups is 1. The van der Waals surface area contributed by atoms with Crippen LogP contribution < -0.4 is 10.6 Å². The van der Waals surface area contributed by atoms with Crippen LogP contribution in [0.5, 0.6) is 0 Å². The summed E-state index contributed by atoms with van der Waals surface area (Å²) in [6.07, 6.45) is 1.87. The number of nitrogens with one attached hydrogen (secondary N) is 2. The quantitative estimate of drug-likeness (QED) is 0.657. The average molecular weight is 291 g/mol. The third-order valence-electron chi connectivity index (χ3n) is 4.03. The lowest BCUT2D eigenvalue weighted by Crippen LogP contribution is -2.27. The average Bonchev–Trinajstić information content (AvgIpc) is 2.83. The maximum absolute atomic E-state index is 11.4. The normalized spacial score (nSPS) is 24.3. The number of carbonyl (C=O) groups excluding carboxylic acids is 1. The molecule has 21 heavy (non-hydrogen) atoms. The van der Waals surface area contributed by atoms with E-state index in [1.165, 1.54) is 6.07 Å². The van der Waals surface area contributed by atoms with Gasteiger partial charge in [0.05, 0.1) is 22.8 Å². The fourth-order valence-corrected chi connectivity index (χ4v) is 2.80. The molecular weight excluding hydrogens is 274 g/mol. The largest absolute Gasteiger partial charge is 0.376 e. The van der Waals surface area contributed by atoms with Crippen LogP contribution >= 0.6 is 0 Å². The van der Waals surface area contributed by atoms with Crippen LogP contribution in [0, 0.1) is 10.1 Å². The molecular formula is C14H17N3O4.